The summed E-state index contributed by atoms with van der Waals surface area (Å²) in [5.74, 6) is 1.41. The number of amides is 2. The molecule has 2 amide bonds. The van der Waals surface area contributed by atoms with E-state index in [2.05, 4.69) is 24.4 Å². The second-order valence-corrected chi connectivity index (χ2v) is 10.3. The molecular weight excluding hydrogens is 488 g/mol. The van der Waals surface area contributed by atoms with Gasteiger partial charge in [-0.3, -0.25) is 9.59 Å². The van der Waals surface area contributed by atoms with Crippen LogP contribution >= 0.6 is 23.4 Å². The third-order valence-corrected chi connectivity index (χ3v) is 7.18. The zero-order chi connectivity index (χ0) is 25.6. The van der Waals surface area contributed by atoms with Crippen molar-refractivity contribution in [3.8, 4) is 0 Å². The van der Waals surface area contributed by atoms with Gasteiger partial charge in [-0.05, 0) is 35.2 Å². The maximum Gasteiger partial charge on any atom is 0.243 e. The summed E-state index contributed by atoms with van der Waals surface area (Å²) in [5.41, 5.74) is 3.17. The Morgan fingerprint density at radius 1 is 0.917 bits per heavy atom. The van der Waals surface area contributed by atoms with E-state index >= 15 is 0 Å². The number of hydrogen-bond acceptors (Lipinski definition) is 3. The molecule has 36 heavy (non-hydrogen) atoms. The molecule has 190 valence electrons. The highest BCUT2D eigenvalue weighted by molar-refractivity contribution is 7.98. The average molecular weight is 523 g/mol. The number of thioether (sulfide) groups is 1. The Hall–Kier alpha value is -2.76. The number of halogens is 1. The molecule has 0 spiro atoms. The van der Waals surface area contributed by atoms with Crippen LogP contribution in [0.4, 0.5) is 0 Å². The number of carbonyl (C=O) groups excluding carboxylic acids is 2. The van der Waals surface area contributed by atoms with Crippen LogP contribution in [0.5, 0.6) is 0 Å². The fourth-order valence-electron chi connectivity index (χ4n) is 3.96. The summed E-state index contributed by atoms with van der Waals surface area (Å²) in [6.07, 6.45) is 2.73. The summed E-state index contributed by atoms with van der Waals surface area (Å²) in [5, 5.41) is 3.68. The summed E-state index contributed by atoms with van der Waals surface area (Å²) in [4.78, 5) is 28.8. The third-order valence-electron chi connectivity index (χ3n) is 5.91. The van der Waals surface area contributed by atoms with E-state index < -0.39 is 6.04 Å². The molecule has 0 saturated carbocycles. The Morgan fingerprint density at radius 2 is 1.58 bits per heavy atom. The van der Waals surface area contributed by atoms with E-state index in [0.29, 0.717) is 36.7 Å². The lowest BCUT2D eigenvalue weighted by molar-refractivity contribution is -0.141. The molecular formula is C30H35ClN2O2S. The molecule has 6 heteroatoms. The highest BCUT2D eigenvalue weighted by Crippen LogP contribution is 2.20. The molecule has 0 heterocycles. The fraction of sp³-hybridized carbons (Fsp3) is 0.333. The summed E-state index contributed by atoms with van der Waals surface area (Å²) in [7, 11) is 0. The molecule has 4 nitrogen and oxygen atoms in total. The molecule has 0 radical (unpaired) electrons. The lowest BCUT2D eigenvalue weighted by Gasteiger charge is -2.31. The highest BCUT2D eigenvalue weighted by atomic mass is 35.5. The Balaban J connectivity index is 1.78. The van der Waals surface area contributed by atoms with Gasteiger partial charge in [0.15, 0.2) is 0 Å². The van der Waals surface area contributed by atoms with Gasteiger partial charge in [-0.1, -0.05) is 97.7 Å². The number of nitrogens with one attached hydrogen (secondary N) is 1. The molecule has 1 unspecified atom stereocenters. The molecule has 0 saturated heterocycles. The molecule has 3 aromatic rings. The van der Waals surface area contributed by atoms with Crippen LogP contribution in [0.3, 0.4) is 0 Å². The predicted molar refractivity (Wildman–Crippen MR) is 151 cm³/mol. The van der Waals surface area contributed by atoms with Crippen LogP contribution in [-0.2, 0) is 28.3 Å². The number of hydrogen-bond donors (Lipinski definition) is 1. The number of nitrogens with zero attached hydrogens (tertiary/aromatic N) is 1. The molecule has 3 aromatic carbocycles. The SMILES string of the molecule is CCCCNC(=O)C(Cc1ccccc1)N(Cc1cccc(Cl)c1)C(=O)CCSCc1ccccc1. The average Bonchev–Trinajstić information content (AvgIpc) is 2.90. The molecule has 1 atom stereocenters. The van der Waals surface area contributed by atoms with Crippen molar-refractivity contribution in [2.45, 2.75) is 50.9 Å². The van der Waals surface area contributed by atoms with Gasteiger partial charge in [-0.2, -0.15) is 11.8 Å². The molecule has 0 fully saturated rings. The molecule has 0 aliphatic heterocycles. The van der Waals surface area contributed by atoms with Crippen LogP contribution in [0.25, 0.3) is 0 Å². The first kappa shape index (κ1) is 27.8. The number of benzene rings is 3. The number of rotatable bonds is 14. The van der Waals surface area contributed by atoms with Crippen LogP contribution < -0.4 is 5.32 Å². The van der Waals surface area contributed by atoms with Crippen molar-refractivity contribution in [2.75, 3.05) is 12.3 Å². The van der Waals surface area contributed by atoms with E-state index in [1.807, 2.05) is 72.8 Å². The van der Waals surface area contributed by atoms with Gasteiger partial charge in [0.05, 0.1) is 0 Å². The Bertz CT molecular complexity index is 1080. The van der Waals surface area contributed by atoms with Crippen LogP contribution in [0, 0.1) is 0 Å². The maximum absolute atomic E-state index is 13.6. The van der Waals surface area contributed by atoms with Crippen molar-refractivity contribution in [3.63, 3.8) is 0 Å². The van der Waals surface area contributed by atoms with E-state index in [0.717, 1.165) is 29.7 Å². The zero-order valence-corrected chi connectivity index (χ0v) is 22.4. The van der Waals surface area contributed by atoms with Crippen molar-refractivity contribution >= 4 is 35.2 Å². The van der Waals surface area contributed by atoms with Crippen LogP contribution in [0.15, 0.2) is 84.9 Å². The van der Waals surface area contributed by atoms with Crippen molar-refractivity contribution in [1.29, 1.82) is 0 Å². The monoisotopic (exact) mass is 522 g/mol. The molecule has 1 N–H and O–H groups in total. The van der Waals surface area contributed by atoms with Gasteiger partial charge in [-0.25, -0.2) is 0 Å². The number of carbonyl (C=O) groups is 2. The third kappa shape index (κ3) is 9.36. The molecule has 0 aliphatic rings. The van der Waals surface area contributed by atoms with Crippen LogP contribution in [-0.4, -0.2) is 35.1 Å². The van der Waals surface area contributed by atoms with Gasteiger partial charge in [0.25, 0.3) is 0 Å². The predicted octanol–water partition coefficient (Wildman–Crippen LogP) is 6.52. The van der Waals surface area contributed by atoms with E-state index in [-0.39, 0.29) is 11.8 Å². The van der Waals surface area contributed by atoms with Crippen molar-refractivity contribution in [2.24, 2.45) is 0 Å². The first-order valence-electron chi connectivity index (χ1n) is 12.5. The van der Waals surface area contributed by atoms with Gasteiger partial charge in [0.2, 0.25) is 11.8 Å². The lowest BCUT2D eigenvalue weighted by Crippen LogP contribution is -2.50. The largest absolute Gasteiger partial charge is 0.354 e. The van der Waals surface area contributed by atoms with Gasteiger partial charge < -0.3 is 10.2 Å². The standard InChI is InChI=1S/C30H35ClN2O2S/c1-2-3-18-32-30(35)28(21-24-11-6-4-7-12-24)33(22-26-15-10-16-27(31)20-26)29(34)17-19-36-23-25-13-8-5-9-14-25/h4-16,20,28H,2-3,17-19,21-23H2,1H3,(H,32,35). The van der Waals surface area contributed by atoms with E-state index in [9.17, 15) is 9.59 Å². The van der Waals surface area contributed by atoms with Crippen LogP contribution in [0.1, 0.15) is 42.9 Å². The zero-order valence-electron chi connectivity index (χ0n) is 20.9. The summed E-state index contributed by atoms with van der Waals surface area (Å²) < 4.78 is 0. The first-order valence-corrected chi connectivity index (χ1v) is 14.1. The van der Waals surface area contributed by atoms with Crippen LogP contribution in [0.2, 0.25) is 5.02 Å². The summed E-state index contributed by atoms with van der Waals surface area (Å²) >= 11 is 7.97. The highest BCUT2D eigenvalue weighted by Gasteiger charge is 2.30. The summed E-state index contributed by atoms with van der Waals surface area (Å²) in [6, 6.07) is 27.0. The normalized spacial score (nSPS) is 11.6. The topological polar surface area (TPSA) is 49.4 Å². The van der Waals surface area contributed by atoms with Crippen molar-refractivity contribution in [3.05, 3.63) is 107 Å². The molecule has 0 aliphatic carbocycles. The quantitative estimate of drug-likeness (QED) is 0.245. The van der Waals surface area contributed by atoms with E-state index in [1.165, 1.54) is 5.56 Å². The molecule has 0 aromatic heterocycles. The Kier molecular flexibility index (Phi) is 11.9. The smallest absolute Gasteiger partial charge is 0.243 e. The maximum atomic E-state index is 13.6. The minimum atomic E-state index is -0.602. The minimum absolute atomic E-state index is 0.0258. The van der Waals surface area contributed by atoms with Gasteiger partial charge in [0.1, 0.15) is 6.04 Å². The second kappa shape index (κ2) is 15.4. The van der Waals surface area contributed by atoms with E-state index in [1.54, 1.807) is 16.7 Å². The lowest BCUT2D eigenvalue weighted by atomic mass is 10.0. The minimum Gasteiger partial charge on any atom is -0.354 e. The first-order chi connectivity index (χ1) is 17.6. The number of unbranched alkanes of at least 4 members (excludes halogenated alkanes) is 1. The van der Waals surface area contributed by atoms with Gasteiger partial charge in [0, 0.05) is 42.5 Å². The molecule has 3 rings (SSSR count). The molecule has 0 bridgehead atoms. The Morgan fingerprint density at radius 3 is 2.25 bits per heavy atom. The fourth-order valence-corrected chi connectivity index (χ4v) is 5.06. The summed E-state index contributed by atoms with van der Waals surface area (Å²) in [6.45, 7) is 3.03. The van der Waals surface area contributed by atoms with Gasteiger partial charge in [-0.15, -0.1) is 0 Å². The van der Waals surface area contributed by atoms with Gasteiger partial charge >= 0.3 is 0 Å². The van der Waals surface area contributed by atoms with Crippen molar-refractivity contribution in [1.82, 2.24) is 10.2 Å². The Labute approximate surface area is 224 Å². The van der Waals surface area contributed by atoms with Crippen molar-refractivity contribution < 1.29 is 9.59 Å². The second-order valence-electron chi connectivity index (χ2n) is 8.79. The van der Waals surface area contributed by atoms with E-state index in [4.69, 9.17) is 11.6 Å².